The van der Waals surface area contributed by atoms with Crippen LogP contribution in [0.25, 0.3) is 0 Å². The van der Waals surface area contributed by atoms with E-state index in [2.05, 4.69) is 15.5 Å². The molecule has 10 heteroatoms. The minimum atomic E-state index is -0.462. The van der Waals surface area contributed by atoms with Crippen LogP contribution in [0.4, 0.5) is 5.69 Å². The van der Waals surface area contributed by atoms with E-state index in [1.165, 1.54) is 19.3 Å². The highest BCUT2D eigenvalue weighted by Gasteiger charge is 2.16. The number of anilines is 1. The van der Waals surface area contributed by atoms with Crippen molar-refractivity contribution in [3.8, 4) is 0 Å². The largest absolute Gasteiger partial charge is 0.483 e. The molecule has 1 aromatic rings. The van der Waals surface area contributed by atoms with E-state index < -0.39 is 5.91 Å². The monoisotopic (exact) mass is 446 g/mol. The number of para-hydroxylation sites is 1. The maximum absolute atomic E-state index is 12.5. The first-order chi connectivity index (χ1) is 15.4. The van der Waals surface area contributed by atoms with Crippen molar-refractivity contribution in [3.63, 3.8) is 0 Å². The molecule has 2 rings (SSSR count). The average molecular weight is 447 g/mol. The predicted octanol–water partition coefficient (Wildman–Crippen LogP) is 0.431. The zero-order valence-electron chi connectivity index (χ0n) is 18.5. The quantitative estimate of drug-likeness (QED) is 0.186. The van der Waals surface area contributed by atoms with Gasteiger partial charge in [-0.15, -0.1) is 0 Å². The summed E-state index contributed by atoms with van der Waals surface area (Å²) in [5, 5.41) is 5.29. The summed E-state index contributed by atoms with van der Waals surface area (Å²) in [7, 11) is 1.42. The SMILES string of the molecule is CO/C(N)=C/C=C(\N)NC(=O)c1ccccc1NC(=O)CCOCCN1CCC(N)CC1. The van der Waals surface area contributed by atoms with E-state index >= 15 is 0 Å². The summed E-state index contributed by atoms with van der Waals surface area (Å²) in [5.74, 6) is -0.470. The van der Waals surface area contributed by atoms with Gasteiger partial charge >= 0.3 is 0 Å². The number of nitrogens with one attached hydrogen (secondary N) is 2. The van der Waals surface area contributed by atoms with Gasteiger partial charge in [-0.25, -0.2) is 0 Å². The van der Waals surface area contributed by atoms with Crippen LogP contribution in [0.1, 0.15) is 29.6 Å². The Morgan fingerprint density at radius 3 is 2.59 bits per heavy atom. The first-order valence-electron chi connectivity index (χ1n) is 10.6. The predicted molar refractivity (Wildman–Crippen MR) is 123 cm³/mol. The molecule has 0 bridgehead atoms. The Kier molecular flexibility index (Phi) is 10.5. The highest BCUT2D eigenvalue weighted by Crippen LogP contribution is 2.15. The van der Waals surface area contributed by atoms with Crippen molar-refractivity contribution in [1.29, 1.82) is 0 Å². The van der Waals surface area contributed by atoms with Crippen LogP contribution in [-0.4, -0.2) is 62.7 Å². The Labute approximate surface area is 188 Å². The van der Waals surface area contributed by atoms with Gasteiger partial charge in [-0.3, -0.25) is 9.59 Å². The molecule has 1 aliphatic heterocycles. The van der Waals surface area contributed by atoms with Gasteiger partial charge in [0.1, 0.15) is 5.82 Å². The van der Waals surface area contributed by atoms with Gasteiger partial charge in [0.2, 0.25) is 5.91 Å². The molecule has 2 amide bonds. The first-order valence-corrected chi connectivity index (χ1v) is 10.6. The van der Waals surface area contributed by atoms with Crippen molar-refractivity contribution >= 4 is 17.5 Å². The van der Waals surface area contributed by atoms with E-state index in [0.29, 0.717) is 24.9 Å². The molecule has 10 nitrogen and oxygen atoms in total. The highest BCUT2D eigenvalue weighted by molar-refractivity contribution is 6.04. The number of hydrogen-bond donors (Lipinski definition) is 5. The number of benzene rings is 1. The zero-order chi connectivity index (χ0) is 23.3. The number of allylic oxidation sites excluding steroid dienone is 2. The molecule has 1 aromatic carbocycles. The molecule has 1 fully saturated rings. The third kappa shape index (κ3) is 8.96. The second-order valence-corrected chi connectivity index (χ2v) is 7.48. The van der Waals surface area contributed by atoms with Crippen molar-refractivity contribution in [3.05, 3.63) is 53.7 Å². The number of methoxy groups -OCH3 is 1. The summed E-state index contributed by atoms with van der Waals surface area (Å²) in [6, 6.07) is 6.98. The van der Waals surface area contributed by atoms with E-state index in [1.54, 1.807) is 24.3 Å². The second-order valence-electron chi connectivity index (χ2n) is 7.48. The van der Waals surface area contributed by atoms with Gasteiger partial charge < -0.3 is 42.2 Å². The number of nitrogens with zero attached hydrogens (tertiary/aromatic N) is 1. The molecule has 1 aliphatic rings. The van der Waals surface area contributed by atoms with E-state index in [-0.39, 0.29) is 29.6 Å². The number of carbonyl (C=O) groups is 2. The van der Waals surface area contributed by atoms with E-state index in [9.17, 15) is 9.59 Å². The molecule has 0 radical (unpaired) electrons. The standard InChI is InChI=1S/C22H34N6O4/c1-31-20(25)7-6-19(24)27-22(30)17-4-2-3-5-18(17)26-21(29)10-14-32-15-13-28-11-8-16(23)9-12-28/h2-7,16H,8-15,23-25H2,1H3,(H,26,29)(H,27,30)/b19-6+,20-7+. The molecule has 0 aliphatic carbocycles. The molecule has 0 atom stereocenters. The van der Waals surface area contributed by atoms with Gasteiger partial charge in [0.15, 0.2) is 5.88 Å². The van der Waals surface area contributed by atoms with Crippen LogP contribution in [0.5, 0.6) is 0 Å². The van der Waals surface area contributed by atoms with Gasteiger partial charge in [0, 0.05) is 18.7 Å². The van der Waals surface area contributed by atoms with Crippen LogP contribution < -0.4 is 27.8 Å². The Bertz CT molecular complexity index is 818. The number of carbonyl (C=O) groups excluding carboxylic acids is 2. The molecule has 8 N–H and O–H groups in total. The Morgan fingerprint density at radius 2 is 1.88 bits per heavy atom. The van der Waals surface area contributed by atoms with Crippen LogP contribution in [0.3, 0.4) is 0 Å². The number of piperidine rings is 1. The fourth-order valence-corrected chi connectivity index (χ4v) is 3.12. The van der Waals surface area contributed by atoms with Crippen molar-refractivity contribution in [1.82, 2.24) is 10.2 Å². The molecule has 0 unspecified atom stereocenters. The molecule has 1 saturated heterocycles. The van der Waals surface area contributed by atoms with Crippen LogP contribution in [0, 0.1) is 0 Å². The Hall–Kier alpha value is -3.08. The summed E-state index contributed by atoms with van der Waals surface area (Å²) in [4.78, 5) is 27.2. The molecule has 0 saturated carbocycles. The van der Waals surface area contributed by atoms with Gasteiger partial charge in [0.25, 0.3) is 5.91 Å². The maximum atomic E-state index is 12.5. The van der Waals surface area contributed by atoms with Crippen molar-refractivity contribution in [2.75, 3.05) is 45.3 Å². The van der Waals surface area contributed by atoms with Gasteiger partial charge in [-0.2, -0.15) is 0 Å². The van der Waals surface area contributed by atoms with Crippen molar-refractivity contribution in [2.45, 2.75) is 25.3 Å². The van der Waals surface area contributed by atoms with Gasteiger partial charge in [-0.1, -0.05) is 12.1 Å². The lowest BCUT2D eigenvalue weighted by Gasteiger charge is -2.29. The molecule has 176 valence electrons. The Morgan fingerprint density at radius 1 is 1.16 bits per heavy atom. The topological polar surface area (TPSA) is 158 Å². The summed E-state index contributed by atoms with van der Waals surface area (Å²) in [6.07, 6.45) is 5.03. The normalized spacial score (nSPS) is 15.9. The summed E-state index contributed by atoms with van der Waals surface area (Å²) < 4.78 is 10.4. The lowest BCUT2D eigenvalue weighted by atomic mass is 10.1. The first kappa shape index (κ1) is 25.2. The lowest BCUT2D eigenvalue weighted by Crippen LogP contribution is -2.41. The minimum Gasteiger partial charge on any atom is -0.483 e. The third-order valence-corrected chi connectivity index (χ3v) is 5.02. The van der Waals surface area contributed by atoms with Gasteiger partial charge in [0.05, 0.1) is 38.0 Å². The fraction of sp³-hybridized carbons (Fsp3) is 0.455. The van der Waals surface area contributed by atoms with Gasteiger partial charge in [-0.05, 0) is 44.1 Å². The lowest BCUT2D eigenvalue weighted by molar-refractivity contribution is -0.117. The Balaban J connectivity index is 1.77. The molecule has 0 aromatic heterocycles. The summed E-state index contributed by atoms with van der Waals surface area (Å²) in [6.45, 7) is 3.67. The molecular weight excluding hydrogens is 412 g/mol. The van der Waals surface area contributed by atoms with E-state index in [4.69, 9.17) is 26.7 Å². The summed E-state index contributed by atoms with van der Waals surface area (Å²) >= 11 is 0. The maximum Gasteiger partial charge on any atom is 0.258 e. The number of amides is 2. The molecule has 0 spiro atoms. The summed E-state index contributed by atoms with van der Waals surface area (Å²) in [5.41, 5.74) is 17.9. The van der Waals surface area contributed by atoms with Crippen LogP contribution >= 0.6 is 0 Å². The molecular formula is C22H34N6O4. The highest BCUT2D eigenvalue weighted by atomic mass is 16.5. The number of likely N-dealkylation sites (tertiary alicyclic amines) is 1. The third-order valence-electron chi connectivity index (χ3n) is 5.02. The van der Waals surface area contributed by atoms with Crippen molar-refractivity contribution in [2.24, 2.45) is 17.2 Å². The van der Waals surface area contributed by atoms with Crippen LogP contribution in [-0.2, 0) is 14.3 Å². The number of nitrogens with two attached hydrogens (primary N) is 3. The molecule has 32 heavy (non-hydrogen) atoms. The van der Waals surface area contributed by atoms with E-state index in [0.717, 1.165) is 32.5 Å². The number of ether oxygens (including phenoxy) is 2. The number of hydrogen-bond acceptors (Lipinski definition) is 8. The van der Waals surface area contributed by atoms with Crippen LogP contribution in [0.15, 0.2) is 48.1 Å². The number of rotatable bonds is 11. The molecule has 1 heterocycles. The zero-order valence-corrected chi connectivity index (χ0v) is 18.5. The van der Waals surface area contributed by atoms with Crippen molar-refractivity contribution < 1.29 is 19.1 Å². The minimum absolute atomic E-state index is 0.0835. The van der Waals surface area contributed by atoms with E-state index in [1.807, 2.05) is 0 Å². The second kappa shape index (κ2) is 13.4. The van der Waals surface area contributed by atoms with Crippen LogP contribution in [0.2, 0.25) is 0 Å². The smallest absolute Gasteiger partial charge is 0.258 e. The fourth-order valence-electron chi connectivity index (χ4n) is 3.12. The average Bonchev–Trinajstić information content (AvgIpc) is 2.78.